The fraction of sp³-hybridized carbons (Fsp3) is 0.160. The lowest BCUT2D eigenvalue weighted by atomic mass is 9.95. The summed E-state index contributed by atoms with van der Waals surface area (Å²) in [5, 5.41) is 11.2. The highest BCUT2D eigenvalue weighted by molar-refractivity contribution is 7.22. The average molecular weight is 463 g/mol. The molecule has 1 atom stereocenters. The van der Waals surface area contributed by atoms with E-state index in [9.17, 15) is 19.1 Å². The Balaban J connectivity index is 1.69. The Kier molecular flexibility index (Phi) is 4.90. The fourth-order valence-electron chi connectivity index (χ4n) is 4.15. The van der Waals surface area contributed by atoms with Crippen LogP contribution in [0.3, 0.4) is 0 Å². The second kappa shape index (κ2) is 7.67. The minimum absolute atomic E-state index is 0.00609. The Labute approximate surface area is 192 Å². The van der Waals surface area contributed by atoms with Gasteiger partial charge in [0.2, 0.25) is 5.78 Å². The average Bonchev–Trinajstić information content (AvgIpc) is 3.45. The van der Waals surface area contributed by atoms with Gasteiger partial charge in [-0.3, -0.25) is 14.5 Å². The SMILES string of the molecule is Cc1cc(C)c2nc(N3C(=O)C(O)=C(C(=O)c4ccc(C)o4)[C@@H]3c3ccc(F)cc3)sc2c1. The maximum atomic E-state index is 13.7. The number of furan rings is 1. The molecule has 166 valence electrons. The summed E-state index contributed by atoms with van der Waals surface area (Å²) < 4.78 is 20.0. The molecule has 2 aromatic heterocycles. The quantitative estimate of drug-likeness (QED) is 0.391. The molecule has 2 aromatic carbocycles. The molecular weight excluding hydrogens is 443 g/mol. The number of Topliss-reactive ketones (excluding diaryl/α,β-unsaturated/α-hetero) is 1. The van der Waals surface area contributed by atoms with Crippen LogP contribution in [-0.2, 0) is 4.79 Å². The first kappa shape index (κ1) is 21.1. The highest BCUT2D eigenvalue weighted by Gasteiger charge is 2.46. The molecule has 6 nitrogen and oxygen atoms in total. The predicted molar refractivity (Wildman–Crippen MR) is 123 cm³/mol. The van der Waals surface area contributed by atoms with Gasteiger partial charge in [-0.05, 0) is 67.8 Å². The van der Waals surface area contributed by atoms with Crippen molar-refractivity contribution in [3.63, 3.8) is 0 Å². The largest absolute Gasteiger partial charge is 0.503 e. The number of nitrogens with zero attached hydrogens (tertiary/aromatic N) is 2. The van der Waals surface area contributed by atoms with Crippen molar-refractivity contribution < 1.29 is 23.5 Å². The second-order valence-corrected chi connectivity index (χ2v) is 9.07. The van der Waals surface area contributed by atoms with E-state index in [-0.39, 0.29) is 11.3 Å². The van der Waals surface area contributed by atoms with Crippen LogP contribution < -0.4 is 4.90 Å². The summed E-state index contributed by atoms with van der Waals surface area (Å²) in [6.07, 6.45) is 0. The summed E-state index contributed by atoms with van der Waals surface area (Å²) in [7, 11) is 0. The second-order valence-electron chi connectivity index (χ2n) is 8.06. The maximum Gasteiger partial charge on any atom is 0.296 e. The minimum atomic E-state index is -0.988. The van der Waals surface area contributed by atoms with E-state index in [1.807, 2.05) is 26.0 Å². The number of ketones is 1. The number of carbonyl (C=O) groups is 2. The molecule has 0 saturated heterocycles. The lowest BCUT2D eigenvalue weighted by Gasteiger charge is -2.24. The van der Waals surface area contributed by atoms with Crippen molar-refractivity contribution in [2.24, 2.45) is 0 Å². The number of aliphatic hydroxyl groups excluding tert-OH is 1. The van der Waals surface area contributed by atoms with Gasteiger partial charge in [-0.2, -0.15) is 0 Å². The van der Waals surface area contributed by atoms with Gasteiger partial charge >= 0.3 is 0 Å². The van der Waals surface area contributed by atoms with Gasteiger partial charge in [-0.15, -0.1) is 0 Å². The number of benzene rings is 2. The van der Waals surface area contributed by atoms with E-state index in [1.165, 1.54) is 46.6 Å². The van der Waals surface area contributed by atoms with Gasteiger partial charge in [-0.25, -0.2) is 9.37 Å². The van der Waals surface area contributed by atoms with Crippen LogP contribution >= 0.6 is 11.3 Å². The van der Waals surface area contributed by atoms with Gasteiger partial charge < -0.3 is 9.52 Å². The van der Waals surface area contributed by atoms with Crippen LogP contribution in [0.2, 0.25) is 0 Å². The molecule has 0 bridgehead atoms. The van der Waals surface area contributed by atoms with Crippen molar-refractivity contribution in [2.75, 3.05) is 4.90 Å². The van der Waals surface area contributed by atoms with E-state index < -0.39 is 29.3 Å². The summed E-state index contributed by atoms with van der Waals surface area (Å²) in [5.41, 5.74) is 3.09. The Bertz CT molecular complexity index is 1470. The van der Waals surface area contributed by atoms with Crippen LogP contribution in [0, 0.1) is 26.6 Å². The lowest BCUT2D eigenvalue weighted by Crippen LogP contribution is -2.31. The molecule has 0 radical (unpaired) electrons. The number of anilines is 1. The fourth-order valence-corrected chi connectivity index (χ4v) is 5.31. The third-order valence-corrected chi connectivity index (χ3v) is 6.63. The number of hydrogen-bond acceptors (Lipinski definition) is 6. The highest BCUT2D eigenvalue weighted by Crippen LogP contribution is 2.44. The van der Waals surface area contributed by atoms with Crippen molar-refractivity contribution in [1.82, 2.24) is 4.98 Å². The first-order valence-corrected chi connectivity index (χ1v) is 11.1. The predicted octanol–water partition coefficient (Wildman–Crippen LogP) is 5.74. The van der Waals surface area contributed by atoms with Gasteiger partial charge in [0.15, 0.2) is 16.7 Å². The summed E-state index contributed by atoms with van der Waals surface area (Å²) >= 11 is 1.29. The molecule has 8 heteroatoms. The van der Waals surface area contributed by atoms with Crippen LogP contribution in [0.4, 0.5) is 9.52 Å². The van der Waals surface area contributed by atoms with Gasteiger partial charge in [0.05, 0.1) is 21.8 Å². The van der Waals surface area contributed by atoms with Crippen LogP contribution in [0.5, 0.6) is 0 Å². The maximum absolute atomic E-state index is 13.7. The van der Waals surface area contributed by atoms with Crippen LogP contribution in [0.1, 0.15) is 39.0 Å². The molecule has 1 aliphatic rings. The molecule has 3 heterocycles. The Hall–Kier alpha value is -3.78. The summed E-state index contributed by atoms with van der Waals surface area (Å²) in [5.74, 6) is -1.95. The number of halogens is 1. The van der Waals surface area contributed by atoms with E-state index in [4.69, 9.17) is 4.42 Å². The molecule has 0 spiro atoms. The zero-order valence-corrected chi connectivity index (χ0v) is 18.9. The first-order chi connectivity index (χ1) is 15.7. The smallest absolute Gasteiger partial charge is 0.296 e. The number of amides is 1. The molecule has 0 saturated carbocycles. The van der Waals surface area contributed by atoms with E-state index in [0.717, 1.165) is 21.3 Å². The zero-order valence-electron chi connectivity index (χ0n) is 18.0. The molecule has 4 aromatic rings. The summed E-state index contributed by atoms with van der Waals surface area (Å²) in [4.78, 5) is 32.6. The highest BCUT2D eigenvalue weighted by atomic mass is 32.1. The number of hydrogen-bond donors (Lipinski definition) is 1. The van der Waals surface area contributed by atoms with E-state index in [1.54, 1.807) is 13.0 Å². The summed E-state index contributed by atoms with van der Waals surface area (Å²) in [6, 6.07) is 11.6. The number of aliphatic hydroxyl groups is 1. The van der Waals surface area contributed by atoms with Crippen molar-refractivity contribution >= 4 is 38.4 Å². The Morgan fingerprint density at radius 1 is 1.12 bits per heavy atom. The van der Waals surface area contributed by atoms with Gasteiger partial charge in [0.1, 0.15) is 11.6 Å². The molecule has 0 aliphatic carbocycles. The van der Waals surface area contributed by atoms with E-state index >= 15 is 0 Å². The molecular formula is C25H19FN2O4S. The number of thiazole rings is 1. The topological polar surface area (TPSA) is 83.6 Å². The standard InChI is InChI=1S/C25H19FN2O4S/c1-12-10-13(2)20-18(11-12)33-25(27-20)28-21(15-5-7-16(26)8-6-15)19(23(30)24(28)31)22(29)17-9-4-14(3)32-17/h4-11,21,30H,1-3H3/t21-/m0/s1. The summed E-state index contributed by atoms with van der Waals surface area (Å²) in [6.45, 7) is 5.61. The van der Waals surface area contributed by atoms with Gasteiger partial charge in [0.25, 0.3) is 5.91 Å². The van der Waals surface area contributed by atoms with Crippen molar-refractivity contribution in [1.29, 1.82) is 0 Å². The van der Waals surface area contributed by atoms with Crippen LogP contribution in [0.25, 0.3) is 10.2 Å². The molecule has 0 fully saturated rings. The van der Waals surface area contributed by atoms with Crippen molar-refractivity contribution in [3.05, 3.63) is 93.9 Å². The molecule has 1 aliphatic heterocycles. The van der Waals surface area contributed by atoms with Gasteiger partial charge in [-0.1, -0.05) is 29.5 Å². The van der Waals surface area contributed by atoms with Gasteiger partial charge in [0, 0.05) is 0 Å². The normalized spacial score (nSPS) is 16.3. The number of rotatable bonds is 4. The lowest BCUT2D eigenvalue weighted by molar-refractivity contribution is -0.117. The Morgan fingerprint density at radius 2 is 1.85 bits per heavy atom. The minimum Gasteiger partial charge on any atom is -0.503 e. The monoisotopic (exact) mass is 462 g/mol. The number of fused-ring (bicyclic) bond motifs is 1. The molecule has 5 rings (SSSR count). The van der Waals surface area contributed by atoms with E-state index in [0.29, 0.717) is 16.5 Å². The molecule has 0 unspecified atom stereocenters. The van der Waals surface area contributed by atoms with Crippen molar-refractivity contribution in [2.45, 2.75) is 26.8 Å². The number of carbonyl (C=O) groups excluding carboxylic acids is 2. The van der Waals surface area contributed by atoms with Crippen LogP contribution in [-0.4, -0.2) is 21.8 Å². The molecule has 1 N–H and O–H groups in total. The van der Waals surface area contributed by atoms with E-state index in [2.05, 4.69) is 4.98 Å². The third kappa shape index (κ3) is 3.43. The number of aryl methyl sites for hydroxylation is 3. The molecule has 1 amide bonds. The number of aromatic nitrogens is 1. The van der Waals surface area contributed by atoms with Crippen molar-refractivity contribution in [3.8, 4) is 0 Å². The third-order valence-electron chi connectivity index (χ3n) is 5.63. The Morgan fingerprint density at radius 3 is 2.52 bits per heavy atom. The zero-order chi connectivity index (χ0) is 23.4. The first-order valence-electron chi connectivity index (χ1n) is 10.3. The van der Waals surface area contributed by atoms with Crippen LogP contribution in [0.15, 0.2) is 64.3 Å². The molecule has 33 heavy (non-hydrogen) atoms.